The number of hydrogen-bond acceptors (Lipinski definition) is 8. The van der Waals surface area contributed by atoms with E-state index in [1.807, 2.05) is 54.4 Å². The van der Waals surface area contributed by atoms with E-state index in [2.05, 4.69) is 10.3 Å². The number of aliphatic carboxylic acids is 2. The van der Waals surface area contributed by atoms with E-state index in [4.69, 9.17) is 14.9 Å². The first-order valence-electron chi connectivity index (χ1n) is 9.74. The third-order valence-electron chi connectivity index (χ3n) is 4.22. The van der Waals surface area contributed by atoms with Gasteiger partial charge in [0.2, 0.25) is 5.91 Å². The van der Waals surface area contributed by atoms with Gasteiger partial charge in [-0.1, -0.05) is 30.0 Å². The molecule has 2 aromatic rings. The average Bonchev–Trinajstić information content (AvgIpc) is 3.11. The Bertz CT molecular complexity index is 987. The van der Waals surface area contributed by atoms with Gasteiger partial charge in [0.05, 0.1) is 11.8 Å². The number of carboxylic acids is 2. The number of nitrogens with one attached hydrogen (secondary N) is 1. The Morgan fingerprint density at radius 3 is 2.26 bits per heavy atom. The van der Waals surface area contributed by atoms with E-state index in [0.29, 0.717) is 25.2 Å². The zero-order valence-corrected chi connectivity index (χ0v) is 19.8. The fourth-order valence-corrected chi connectivity index (χ4v) is 3.46. The summed E-state index contributed by atoms with van der Waals surface area (Å²) in [6.45, 7) is 1.27. The number of carboxylic acid groups (broad SMARTS) is 2. The predicted octanol–water partition coefficient (Wildman–Crippen LogP) is 2.62. The highest BCUT2D eigenvalue weighted by molar-refractivity contribution is 8.15. The molecule has 34 heavy (non-hydrogen) atoms. The molecule has 3 N–H and O–H groups in total. The van der Waals surface area contributed by atoms with Gasteiger partial charge in [-0.05, 0) is 36.2 Å². The molecule has 12 heteroatoms. The molecule has 182 valence electrons. The van der Waals surface area contributed by atoms with Crippen molar-refractivity contribution in [3.8, 4) is 5.75 Å². The molecule has 3 rings (SSSR count). The molecule has 0 radical (unpaired) electrons. The smallest absolute Gasteiger partial charge is 0.328 e. The maximum atomic E-state index is 11.6. The molecule has 1 saturated heterocycles. The molecule has 1 atom stereocenters. The van der Waals surface area contributed by atoms with Crippen LogP contribution >= 0.6 is 24.2 Å². The lowest BCUT2D eigenvalue weighted by molar-refractivity contribution is -0.134. The molecule has 0 aliphatic carbocycles. The minimum Gasteiger partial charge on any atom is -0.492 e. The van der Waals surface area contributed by atoms with Gasteiger partial charge in [0.25, 0.3) is 5.24 Å². The lowest BCUT2D eigenvalue weighted by atomic mass is 10.1. The Morgan fingerprint density at radius 1 is 1.12 bits per heavy atom. The third-order valence-corrected chi connectivity index (χ3v) is 5.20. The van der Waals surface area contributed by atoms with Crippen LogP contribution in [0.4, 0.5) is 10.6 Å². The van der Waals surface area contributed by atoms with E-state index < -0.39 is 11.9 Å². The number of thioether (sulfide) groups is 1. The summed E-state index contributed by atoms with van der Waals surface area (Å²) in [6.07, 6.45) is 3.41. The number of hydrogen-bond donors (Lipinski definition) is 3. The Labute approximate surface area is 206 Å². The average molecular weight is 510 g/mol. The number of carbonyl (C=O) groups excluding carboxylic acids is 2. The highest BCUT2D eigenvalue weighted by Crippen LogP contribution is 2.23. The standard InChI is InChI=1S/C18H19N3O3S.C4H4O4.ClH/c1-21(16-4-2-3-9-19-16)10-11-24-14-7-5-13(6-8-14)12-15-17(22)20-18(23)25-15;5-3(6)1-2-4(7)8;/h2-9,15H,10-12H2,1H3,(H,20,22,23);1-2H,(H,5,6)(H,7,8);1H. The summed E-state index contributed by atoms with van der Waals surface area (Å²) >= 11 is 1.05. The summed E-state index contributed by atoms with van der Waals surface area (Å²) in [6, 6.07) is 13.4. The predicted molar refractivity (Wildman–Crippen MR) is 130 cm³/mol. The number of nitrogens with zero attached hydrogens (tertiary/aromatic N) is 2. The Morgan fingerprint density at radius 2 is 1.76 bits per heavy atom. The van der Waals surface area contributed by atoms with E-state index in [9.17, 15) is 19.2 Å². The molecule has 1 fully saturated rings. The topological polar surface area (TPSA) is 146 Å². The van der Waals surface area contributed by atoms with Crippen LogP contribution in [-0.4, -0.2) is 63.7 Å². The quantitative estimate of drug-likeness (QED) is 0.431. The Balaban J connectivity index is 0.000000556. The number of amides is 2. The number of halogens is 1. The van der Waals surface area contributed by atoms with Crippen LogP contribution in [0, 0.1) is 0 Å². The second-order valence-electron chi connectivity index (χ2n) is 6.70. The van der Waals surface area contributed by atoms with Crippen molar-refractivity contribution in [3.63, 3.8) is 0 Å². The van der Waals surface area contributed by atoms with Gasteiger partial charge in [-0.3, -0.25) is 14.9 Å². The number of rotatable bonds is 9. The lowest BCUT2D eigenvalue weighted by Gasteiger charge is -2.18. The Kier molecular flexibility index (Phi) is 12.2. The maximum Gasteiger partial charge on any atom is 0.328 e. The monoisotopic (exact) mass is 509 g/mol. The van der Waals surface area contributed by atoms with Gasteiger partial charge in [-0.2, -0.15) is 0 Å². The van der Waals surface area contributed by atoms with Crippen LogP contribution in [0.3, 0.4) is 0 Å². The zero-order valence-electron chi connectivity index (χ0n) is 18.1. The molecule has 10 nitrogen and oxygen atoms in total. The maximum absolute atomic E-state index is 11.6. The summed E-state index contributed by atoms with van der Waals surface area (Å²) < 4.78 is 5.75. The molecule has 1 unspecified atom stereocenters. The highest BCUT2D eigenvalue weighted by atomic mass is 35.5. The molecule has 1 aromatic carbocycles. The van der Waals surface area contributed by atoms with Crippen molar-refractivity contribution in [2.75, 3.05) is 25.1 Å². The molecule has 2 heterocycles. The van der Waals surface area contributed by atoms with Crippen molar-refractivity contribution >= 4 is 53.1 Å². The van der Waals surface area contributed by atoms with E-state index in [1.165, 1.54) is 0 Å². The second-order valence-corrected chi connectivity index (χ2v) is 7.87. The van der Waals surface area contributed by atoms with Crippen molar-refractivity contribution in [1.82, 2.24) is 10.3 Å². The van der Waals surface area contributed by atoms with Crippen molar-refractivity contribution in [2.24, 2.45) is 0 Å². The van der Waals surface area contributed by atoms with Gasteiger partial charge in [-0.25, -0.2) is 14.6 Å². The summed E-state index contributed by atoms with van der Waals surface area (Å²) in [4.78, 5) is 48.2. The summed E-state index contributed by atoms with van der Waals surface area (Å²) in [5, 5.41) is 17.3. The van der Waals surface area contributed by atoms with Crippen LogP contribution in [0.5, 0.6) is 5.75 Å². The number of likely N-dealkylation sites (N-methyl/N-ethyl adjacent to an activating group) is 1. The molecular weight excluding hydrogens is 486 g/mol. The fourth-order valence-electron chi connectivity index (χ4n) is 2.60. The van der Waals surface area contributed by atoms with Crippen LogP contribution in [0.1, 0.15) is 5.56 Å². The van der Waals surface area contributed by atoms with E-state index in [0.717, 1.165) is 35.4 Å². The second kappa shape index (κ2) is 14.6. The zero-order chi connectivity index (χ0) is 24.2. The molecule has 1 aliphatic heterocycles. The summed E-state index contributed by atoms with van der Waals surface area (Å²) in [5.74, 6) is -1.05. The summed E-state index contributed by atoms with van der Waals surface area (Å²) in [5.41, 5.74) is 1.00. The van der Waals surface area contributed by atoms with Crippen LogP contribution in [0.2, 0.25) is 0 Å². The first-order valence-corrected chi connectivity index (χ1v) is 10.6. The van der Waals surface area contributed by atoms with Crippen molar-refractivity contribution in [3.05, 3.63) is 66.4 Å². The summed E-state index contributed by atoms with van der Waals surface area (Å²) in [7, 11) is 1.97. The van der Waals surface area contributed by atoms with Crippen LogP contribution in [-0.2, 0) is 20.8 Å². The molecule has 0 bridgehead atoms. The lowest BCUT2D eigenvalue weighted by Crippen LogP contribution is -2.25. The molecule has 0 spiro atoms. The minimum absolute atomic E-state index is 0. The van der Waals surface area contributed by atoms with Gasteiger partial charge in [0.15, 0.2) is 0 Å². The van der Waals surface area contributed by atoms with Gasteiger partial charge in [-0.15, -0.1) is 12.4 Å². The molecule has 1 aromatic heterocycles. The first kappa shape index (κ1) is 28.5. The highest BCUT2D eigenvalue weighted by Gasteiger charge is 2.31. The third kappa shape index (κ3) is 10.4. The number of carbonyl (C=O) groups is 4. The molecule has 1 aliphatic rings. The molecular formula is C22H24ClN3O7S. The number of ether oxygens (including phenoxy) is 1. The van der Waals surface area contributed by atoms with Crippen LogP contribution in [0.25, 0.3) is 0 Å². The minimum atomic E-state index is -1.26. The molecule has 0 saturated carbocycles. The van der Waals surface area contributed by atoms with Crippen molar-refractivity contribution < 1.29 is 34.1 Å². The van der Waals surface area contributed by atoms with Crippen LogP contribution in [0.15, 0.2) is 60.8 Å². The number of pyridine rings is 1. The SMILES string of the molecule is CN(CCOc1ccc(CC2SC(=O)NC2=O)cc1)c1ccccn1.Cl.O=C(O)C=CC(=O)O. The van der Waals surface area contributed by atoms with Gasteiger partial charge >= 0.3 is 11.9 Å². The van der Waals surface area contributed by atoms with Crippen molar-refractivity contribution in [2.45, 2.75) is 11.7 Å². The number of aromatic nitrogens is 1. The Hall–Kier alpha value is -3.57. The number of imide groups is 1. The van der Waals surface area contributed by atoms with Gasteiger partial charge in [0, 0.05) is 25.4 Å². The fraction of sp³-hybridized carbons (Fsp3) is 0.227. The van der Waals surface area contributed by atoms with Crippen molar-refractivity contribution in [1.29, 1.82) is 0 Å². The normalized spacial score (nSPS) is 14.4. The van der Waals surface area contributed by atoms with Gasteiger partial charge in [0.1, 0.15) is 18.2 Å². The van der Waals surface area contributed by atoms with E-state index in [1.54, 1.807) is 6.20 Å². The largest absolute Gasteiger partial charge is 0.492 e. The van der Waals surface area contributed by atoms with E-state index >= 15 is 0 Å². The van der Waals surface area contributed by atoms with Gasteiger partial charge < -0.3 is 19.8 Å². The number of benzene rings is 1. The first-order chi connectivity index (χ1) is 15.7. The number of anilines is 1. The van der Waals surface area contributed by atoms with E-state index in [-0.39, 0.29) is 28.8 Å². The van der Waals surface area contributed by atoms with Crippen LogP contribution < -0.4 is 15.0 Å². The molecule has 2 amide bonds.